The molecule has 1 aromatic carbocycles. The van der Waals surface area contributed by atoms with Gasteiger partial charge in [-0.05, 0) is 50.2 Å². The van der Waals surface area contributed by atoms with Gasteiger partial charge in [0.2, 0.25) is 5.89 Å². The molecule has 2 heterocycles. The molecule has 22 heavy (non-hydrogen) atoms. The van der Waals surface area contributed by atoms with E-state index in [1.54, 1.807) is 6.26 Å². The predicted molar refractivity (Wildman–Crippen MR) is 88.9 cm³/mol. The Bertz CT molecular complexity index is 590. The molecule has 2 aromatic rings. The predicted octanol–water partition coefficient (Wildman–Crippen LogP) is 3.57. The van der Waals surface area contributed by atoms with Crippen LogP contribution in [-0.4, -0.2) is 35.6 Å². The highest BCUT2D eigenvalue weighted by Crippen LogP contribution is 2.22. The topological polar surface area (TPSA) is 41.3 Å². The summed E-state index contributed by atoms with van der Waals surface area (Å²) in [5, 5.41) is 4.16. The van der Waals surface area contributed by atoms with E-state index in [1.165, 1.54) is 6.42 Å². The lowest BCUT2D eigenvalue weighted by Gasteiger charge is -2.26. The van der Waals surface area contributed by atoms with Crippen molar-refractivity contribution >= 4 is 11.6 Å². The monoisotopic (exact) mass is 319 g/mol. The number of oxazole rings is 1. The van der Waals surface area contributed by atoms with E-state index in [2.05, 4.69) is 22.1 Å². The first-order valence-electron chi connectivity index (χ1n) is 7.91. The first kappa shape index (κ1) is 15.5. The molecule has 1 aromatic heterocycles. The summed E-state index contributed by atoms with van der Waals surface area (Å²) in [5.74, 6) is 0.660. The largest absolute Gasteiger partial charge is 0.444 e. The molecule has 0 radical (unpaired) electrons. The molecule has 1 saturated heterocycles. The number of halogens is 1. The van der Waals surface area contributed by atoms with Crippen LogP contribution in [0.15, 0.2) is 34.9 Å². The van der Waals surface area contributed by atoms with Crippen molar-refractivity contribution < 1.29 is 4.42 Å². The summed E-state index contributed by atoms with van der Waals surface area (Å²) in [6.45, 7) is 6.34. The van der Waals surface area contributed by atoms with Gasteiger partial charge >= 0.3 is 0 Å². The maximum atomic E-state index is 5.92. The SMILES string of the molecule is CCCN(Cc1coc(-c2ccc(Cl)cc2)n1)C1CCNC1. The molecule has 1 N–H and O–H groups in total. The van der Waals surface area contributed by atoms with Crippen LogP contribution < -0.4 is 5.32 Å². The van der Waals surface area contributed by atoms with Gasteiger partial charge in [-0.3, -0.25) is 4.90 Å². The Morgan fingerprint density at radius 2 is 2.18 bits per heavy atom. The van der Waals surface area contributed by atoms with Crippen LogP contribution in [0.3, 0.4) is 0 Å². The Kier molecular flexibility index (Phi) is 5.13. The van der Waals surface area contributed by atoms with Crippen molar-refractivity contribution in [1.82, 2.24) is 15.2 Å². The fourth-order valence-electron chi connectivity index (χ4n) is 2.94. The molecule has 0 bridgehead atoms. The van der Waals surface area contributed by atoms with E-state index in [0.29, 0.717) is 11.9 Å². The van der Waals surface area contributed by atoms with Gasteiger partial charge in [0.15, 0.2) is 0 Å². The third kappa shape index (κ3) is 3.69. The summed E-state index contributed by atoms with van der Waals surface area (Å²) in [4.78, 5) is 7.14. The number of rotatable bonds is 6. The number of nitrogens with one attached hydrogen (secondary N) is 1. The van der Waals surface area contributed by atoms with E-state index in [0.717, 1.165) is 48.9 Å². The highest BCUT2D eigenvalue weighted by molar-refractivity contribution is 6.30. The average molecular weight is 320 g/mol. The first-order chi connectivity index (χ1) is 10.8. The van der Waals surface area contributed by atoms with E-state index in [1.807, 2.05) is 24.3 Å². The van der Waals surface area contributed by atoms with Gasteiger partial charge in [-0.2, -0.15) is 0 Å². The molecule has 0 amide bonds. The molecule has 1 aliphatic rings. The fraction of sp³-hybridized carbons (Fsp3) is 0.471. The van der Waals surface area contributed by atoms with Gasteiger partial charge in [-0.15, -0.1) is 0 Å². The second-order valence-corrected chi connectivity index (χ2v) is 6.20. The van der Waals surface area contributed by atoms with Crippen LogP contribution in [-0.2, 0) is 6.54 Å². The molecule has 1 unspecified atom stereocenters. The lowest BCUT2D eigenvalue weighted by atomic mass is 10.2. The second kappa shape index (κ2) is 7.27. The van der Waals surface area contributed by atoms with Crippen LogP contribution in [0.4, 0.5) is 0 Å². The van der Waals surface area contributed by atoms with Crippen molar-refractivity contribution in [2.75, 3.05) is 19.6 Å². The van der Waals surface area contributed by atoms with Crippen molar-refractivity contribution in [3.8, 4) is 11.5 Å². The zero-order valence-electron chi connectivity index (χ0n) is 12.9. The van der Waals surface area contributed by atoms with Crippen LogP contribution >= 0.6 is 11.6 Å². The normalized spacial score (nSPS) is 18.2. The summed E-state index contributed by atoms with van der Waals surface area (Å²) in [6.07, 6.45) is 4.13. The van der Waals surface area contributed by atoms with Crippen LogP contribution in [0.25, 0.3) is 11.5 Å². The fourth-order valence-corrected chi connectivity index (χ4v) is 3.07. The summed E-state index contributed by atoms with van der Waals surface area (Å²) in [5.41, 5.74) is 1.95. The Hall–Kier alpha value is -1.36. The molecule has 0 saturated carbocycles. The first-order valence-corrected chi connectivity index (χ1v) is 8.29. The summed E-state index contributed by atoms with van der Waals surface area (Å²) < 4.78 is 5.64. The highest BCUT2D eigenvalue weighted by atomic mass is 35.5. The maximum Gasteiger partial charge on any atom is 0.226 e. The summed E-state index contributed by atoms with van der Waals surface area (Å²) in [6, 6.07) is 8.18. The number of hydrogen-bond donors (Lipinski definition) is 1. The number of aromatic nitrogens is 1. The standard InChI is InChI=1S/C17H22ClN3O/c1-2-9-21(16-7-8-19-10-16)11-15-12-22-17(20-15)13-3-5-14(18)6-4-13/h3-6,12,16,19H,2,7-11H2,1H3. The Balaban J connectivity index is 1.70. The van der Waals surface area contributed by atoms with Crippen LogP contribution in [0.1, 0.15) is 25.5 Å². The maximum absolute atomic E-state index is 5.92. The Morgan fingerprint density at radius 1 is 1.36 bits per heavy atom. The number of hydrogen-bond acceptors (Lipinski definition) is 4. The molecule has 118 valence electrons. The van der Waals surface area contributed by atoms with Crippen molar-refractivity contribution in [3.63, 3.8) is 0 Å². The summed E-state index contributed by atoms with van der Waals surface area (Å²) >= 11 is 5.92. The minimum Gasteiger partial charge on any atom is -0.444 e. The minimum absolute atomic E-state index is 0.607. The van der Waals surface area contributed by atoms with Crippen molar-refractivity contribution in [3.05, 3.63) is 41.2 Å². The number of nitrogens with zero attached hydrogens (tertiary/aromatic N) is 2. The lowest BCUT2D eigenvalue weighted by Crippen LogP contribution is -2.37. The molecule has 3 rings (SSSR count). The highest BCUT2D eigenvalue weighted by Gasteiger charge is 2.22. The lowest BCUT2D eigenvalue weighted by molar-refractivity contribution is 0.197. The zero-order chi connectivity index (χ0) is 15.4. The zero-order valence-corrected chi connectivity index (χ0v) is 13.6. The Labute approximate surface area is 136 Å². The van der Waals surface area contributed by atoms with Crippen molar-refractivity contribution in [2.24, 2.45) is 0 Å². The molecule has 1 fully saturated rings. The third-order valence-electron chi connectivity index (χ3n) is 4.07. The molecule has 5 heteroatoms. The van der Waals surface area contributed by atoms with Gasteiger partial charge in [-0.1, -0.05) is 18.5 Å². The van der Waals surface area contributed by atoms with E-state index < -0.39 is 0 Å². The quantitative estimate of drug-likeness (QED) is 0.883. The molecule has 4 nitrogen and oxygen atoms in total. The van der Waals surface area contributed by atoms with Gasteiger partial charge in [0.25, 0.3) is 0 Å². The molecular formula is C17H22ClN3O. The van der Waals surface area contributed by atoms with E-state index in [9.17, 15) is 0 Å². The van der Waals surface area contributed by atoms with Crippen LogP contribution in [0.5, 0.6) is 0 Å². The molecular weight excluding hydrogens is 298 g/mol. The smallest absolute Gasteiger partial charge is 0.226 e. The average Bonchev–Trinajstić information content (AvgIpc) is 3.19. The van der Waals surface area contributed by atoms with Crippen LogP contribution in [0, 0.1) is 0 Å². The van der Waals surface area contributed by atoms with Gasteiger partial charge < -0.3 is 9.73 Å². The third-order valence-corrected chi connectivity index (χ3v) is 4.32. The molecule has 0 aliphatic carbocycles. The number of benzene rings is 1. The molecule has 0 spiro atoms. The molecule has 1 aliphatic heterocycles. The van der Waals surface area contributed by atoms with E-state index in [4.69, 9.17) is 16.0 Å². The van der Waals surface area contributed by atoms with Crippen molar-refractivity contribution in [2.45, 2.75) is 32.4 Å². The molecule has 1 atom stereocenters. The van der Waals surface area contributed by atoms with Gasteiger partial charge in [0.05, 0.1) is 5.69 Å². The van der Waals surface area contributed by atoms with Crippen LogP contribution in [0.2, 0.25) is 5.02 Å². The minimum atomic E-state index is 0.607. The summed E-state index contributed by atoms with van der Waals surface area (Å²) in [7, 11) is 0. The van der Waals surface area contributed by atoms with Gasteiger partial charge in [0, 0.05) is 29.7 Å². The van der Waals surface area contributed by atoms with E-state index in [-0.39, 0.29) is 0 Å². The van der Waals surface area contributed by atoms with Gasteiger partial charge in [0.1, 0.15) is 6.26 Å². The van der Waals surface area contributed by atoms with Gasteiger partial charge in [-0.25, -0.2) is 4.98 Å². The van der Waals surface area contributed by atoms with E-state index >= 15 is 0 Å². The second-order valence-electron chi connectivity index (χ2n) is 5.77. The Morgan fingerprint density at radius 3 is 2.86 bits per heavy atom. The van der Waals surface area contributed by atoms with Crippen molar-refractivity contribution in [1.29, 1.82) is 0 Å².